The van der Waals surface area contributed by atoms with Gasteiger partial charge in [-0.05, 0) is 74.0 Å². The van der Waals surface area contributed by atoms with Gasteiger partial charge in [-0.15, -0.1) is 23.5 Å². The normalized spacial score (nSPS) is 13.5. The van der Waals surface area contributed by atoms with E-state index in [0.29, 0.717) is 10.3 Å². The number of nitro benzene ring substituents is 1. The molecular weight excluding hydrogens is 577 g/mol. The maximum atomic E-state index is 12.3. The largest absolute Gasteiger partial charge is 0.484 e. The first-order valence-corrected chi connectivity index (χ1v) is 15.8. The summed E-state index contributed by atoms with van der Waals surface area (Å²) in [5.41, 5.74) is 7.81. The lowest BCUT2D eigenvalue weighted by molar-refractivity contribution is -0.384. The van der Waals surface area contributed by atoms with Crippen LogP contribution in [0.25, 0.3) is 5.69 Å². The third kappa shape index (κ3) is 7.35. The molecule has 1 aromatic heterocycles. The smallest absolute Gasteiger partial charge is 0.277 e. The number of nitrogens with one attached hydrogen (secondary N) is 1. The number of nitrogens with zero attached hydrogens (tertiary/aromatic N) is 3. The summed E-state index contributed by atoms with van der Waals surface area (Å²) in [6.45, 7) is 3.91. The van der Waals surface area contributed by atoms with Crippen LogP contribution in [0.3, 0.4) is 0 Å². The summed E-state index contributed by atoms with van der Waals surface area (Å²) in [5, 5.41) is 15.0. The molecule has 0 aliphatic carbocycles. The number of rotatable bonds is 10. The van der Waals surface area contributed by atoms with Crippen LogP contribution >= 0.6 is 35.3 Å². The molecule has 2 heterocycles. The van der Waals surface area contributed by atoms with E-state index in [1.165, 1.54) is 29.2 Å². The highest BCUT2D eigenvalue weighted by Gasteiger charge is 2.18. The van der Waals surface area contributed by atoms with Gasteiger partial charge in [0, 0.05) is 56.1 Å². The van der Waals surface area contributed by atoms with Gasteiger partial charge in [0.05, 0.1) is 15.7 Å². The third-order valence-electron chi connectivity index (χ3n) is 6.39. The van der Waals surface area contributed by atoms with Gasteiger partial charge >= 0.3 is 0 Å². The van der Waals surface area contributed by atoms with Crippen LogP contribution in [0.5, 0.6) is 5.75 Å². The first kappa shape index (κ1) is 28.8. The molecule has 0 radical (unpaired) electrons. The fraction of sp³-hybridized carbons (Fsp3) is 0.200. The molecule has 1 aliphatic rings. The van der Waals surface area contributed by atoms with Gasteiger partial charge in [0.15, 0.2) is 6.61 Å². The molecule has 1 aliphatic heterocycles. The second kappa shape index (κ2) is 13.3. The number of hydrogen-bond acceptors (Lipinski definition) is 8. The first-order valence-electron chi connectivity index (χ1n) is 12.9. The van der Waals surface area contributed by atoms with Crippen molar-refractivity contribution < 1.29 is 14.5 Å². The van der Waals surface area contributed by atoms with E-state index in [9.17, 15) is 14.9 Å². The van der Waals surface area contributed by atoms with E-state index < -0.39 is 4.92 Å². The molecule has 41 heavy (non-hydrogen) atoms. The Morgan fingerprint density at radius 2 is 1.68 bits per heavy atom. The van der Waals surface area contributed by atoms with Crippen LogP contribution in [0.15, 0.2) is 93.8 Å². The fourth-order valence-electron chi connectivity index (χ4n) is 4.38. The van der Waals surface area contributed by atoms with E-state index in [-0.39, 0.29) is 18.2 Å². The number of aromatic nitrogens is 1. The van der Waals surface area contributed by atoms with E-state index in [0.717, 1.165) is 32.4 Å². The molecule has 0 atom stereocenters. The van der Waals surface area contributed by atoms with Crippen LogP contribution in [-0.2, 0) is 4.79 Å². The van der Waals surface area contributed by atoms with Gasteiger partial charge in [0.25, 0.3) is 11.6 Å². The number of carbonyl (C=O) groups excluding carboxylic acids is 1. The summed E-state index contributed by atoms with van der Waals surface area (Å²) in [7, 11) is 0. The van der Waals surface area contributed by atoms with Crippen LogP contribution < -0.4 is 10.2 Å². The lowest BCUT2D eigenvalue weighted by Crippen LogP contribution is -2.24. The molecule has 1 N–H and O–H groups in total. The molecule has 8 nitrogen and oxygen atoms in total. The van der Waals surface area contributed by atoms with Crippen molar-refractivity contribution in [3.8, 4) is 11.4 Å². The van der Waals surface area contributed by atoms with Crippen LogP contribution in [0.1, 0.15) is 27.1 Å². The highest BCUT2D eigenvalue weighted by atomic mass is 32.2. The number of aryl methyl sites for hydroxylation is 1. The van der Waals surface area contributed by atoms with Gasteiger partial charge in [-0.25, -0.2) is 5.43 Å². The number of ether oxygens (including phenoxy) is 1. The molecule has 0 bridgehead atoms. The van der Waals surface area contributed by atoms with E-state index in [2.05, 4.69) is 27.2 Å². The Hall–Kier alpha value is -3.67. The number of thioether (sulfide) groups is 2. The minimum Gasteiger partial charge on any atom is -0.484 e. The maximum absolute atomic E-state index is 12.3. The van der Waals surface area contributed by atoms with Crippen molar-refractivity contribution in [1.29, 1.82) is 0 Å². The van der Waals surface area contributed by atoms with Gasteiger partial charge in [0.1, 0.15) is 5.75 Å². The molecule has 4 aromatic rings. The molecule has 210 valence electrons. The Labute approximate surface area is 251 Å². The Balaban J connectivity index is 1.15. The monoisotopic (exact) mass is 604 g/mol. The highest BCUT2D eigenvalue weighted by Crippen LogP contribution is 2.45. The molecule has 0 saturated carbocycles. The summed E-state index contributed by atoms with van der Waals surface area (Å²) in [5.74, 6) is 2.68. The molecule has 3 aromatic carbocycles. The number of non-ortho nitro benzene ring substituents is 1. The van der Waals surface area contributed by atoms with Crippen molar-refractivity contribution in [3.63, 3.8) is 0 Å². The summed E-state index contributed by atoms with van der Waals surface area (Å²) < 4.78 is 8.23. The molecular formula is C30H28N4O4S3. The van der Waals surface area contributed by atoms with Crippen molar-refractivity contribution in [1.82, 2.24) is 9.99 Å². The lowest BCUT2D eigenvalue weighted by atomic mass is 10.2. The average molecular weight is 605 g/mol. The van der Waals surface area contributed by atoms with Gasteiger partial charge in [-0.3, -0.25) is 14.9 Å². The highest BCUT2D eigenvalue weighted by molar-refractivity contribution is 8.19. The molecule has 1 amide bonds. The molecule has 0 unspecified atom stereocenters. The van der Waals surface area contributed by atoms with Crippen LogP contribution in [0, 0.1) is 24.0 Å². The lowest BCUT2D eigenvalue weighted by Gasteiger charge is -2.11. The van der Waals surface area contributed by atoms with E-state index >= 15 is 0 Å². The molecule has 0 spiro atoms. The van der Waals surface area contributed by atoms with E-state index in [1.807, 2.05) is 79.8 Å². The second-order valence-corrected chi connectivity index (χ2v) is 13.1. The predicted octanol–water partition coefficient (Wildman–Crippen LogP) is 7.16. The van der Waals surface area contributed by atoms with Crippen LogP contribution in [0.4, 0.5) is 5.69 Å². The number of carbonyl (C=O) groups is 1. The zero-order chi connectivity index (χ0) is 28.8. The Morgan fingerprint density at radius 1 is 1.05 bits per heavy atom. The number of hydrogen-bond donors (Lipinski definition) is 1. The van der Waals surface area contributed by atoms with Gasteiger partial charge in [-0.1, -0.05) is 23.9 Å². The quantitative estimate of drug-likeness (QED) is 0.116. The first-order chi connectivity index (χ1) is 19.9. The molecule has 1 saturated heterocycles. The minimum atomic E-state index is -0.401. The maximum Gasteiger partial charge on any atom is 0.277 e. The van der Waals surface area contributed by atoms with Crippen LogP contribution in [-0.4, -0.2) is 39.7 Å². The van der Waals surface area contributed by atoms with Crippen molar-refractivity contribution in [3.05, 3.63) is 111 Å². The number of benzene rings is 3. The average Bonchev–Trinajstić information content (AvgIpc) is 3.61. The van der Waals surface area contributed by atoms with Gasteiger partial charge < -0.3 is 9.30 Å². The zero-order valence-corrected chi connectivity index (χ0v) is 24.9. The van der Waals surface area contributed by atoms with Gasteiger partial charge in [0.2, 0.25) is 0 Å². The Kier molecular flexibility index (Phi) is 9.38. The predicted molar refractivity (Wildman–Crippen MR) is 168 cm³/mol. The fourth-order valence-corrected chi connectivity index (χ4v) is 8.05. The SMILES string of the molecule is Cc1cc(/C=N\NC(=O)COc2ccc(C3SCCS3)cc2)c(C)n1-c1ccc(Sc2ccc([N+](=O)[O-])cc2)cc1. The van der Waals surface area contributed by atoms with Crippen molar-refractivity contribution in [2.24, 2.45) is 5.10 Å². The molecule has 11 heteroatoms. The van der Waals surface area contributed by atoms with E-state index in [1.54, 1.807) is 30.1 Å². The number of amides is 1. The summed E-state index contributed by atoms with van der Waals surface area (Å²) >= 11 is 5.45. The Morgan fingerprint density at radius 3 is 2.32 bits per heavy atom. The van der Waals surface area contributed by atoms with Gasteiger partial charge in [-0.2, -0.15) is 5.10 Å². The van der Waals surface area contributed by atoms with Crippen molar-refractivity contribution in [2.45, 2.75) is 28.2 Å². The molecule has 1 fully saturated rings. The van der Waals surface area contributed by atoms with Crippen molar-refractivity contribution >= 4 is 53.1 Å². The summed E-state index contributed by atoms with van der Waals surface area (Å²) in [6, 6.07) is 24.6. The van der Waals surface area contributed by atoms with Crippen LogP contribution in [0.2, 0.25) is 0 Å². The Bertz CT molecular complexity index is 1550. The third-order valence-corrected chi connectivity index (χ3v) is 10.5. The standard InChI is InChI=1S/C30H28N4O4S3/c1-20-17-23(18-31-32-29(35)19-38-26-9-3-22(4-10-26)30-39-15-16-40-30)21(2)33(20)24-5-11-27(12-6-24)41-28-13-7-25(8-14-28)34(36)37/h3-14,17-18,30H,15-16,19H2,1-2H3,(H,32,35)/b31-18-. The van der Waals surface area contributed by atoms with Crippen molar-refractivity contribution in [2.75, 3.05) is 18.1 Å². The topological polar surface area (TPSA) is 98.8 Å². The molecule has 5 rings (SSSR count). The zero-order valence-electron chi connectivity index (χ0n) is 22.5. The number of nitro groups is 1. The summed E-state index contributed by atoms with van der Waals surface area (Å²) in [4.78, 5) is 24.7. The minimum absolute atomic E-state index is 0.0778. The number of hydrazone groups is 1. The summed E-state index contributed by atoms with van der Waals surface area (Å²) in [6.07, 6.45) is 1.64. The second-order valence-electron chi connectivity index (χ2n) is 9.23. The van der Waals surface area contributed by atoms with E-state index in [4.69, 9.17) is 4.74 Å².